The average molecular weight is 536 g/mol. The van der Waals surface area contributed by atoms with Gasteiger partial charge in [-0.15, -0.1) is 10.2 Å². The van der Waals surface area contributed by atoms with Crippen LogP contribution in [-0.4, -0.2) is 66.9 Å². The number of halogens is 1. The van der Waals surface area contributed by atoms with Crippen molar-refractivity contribution in [1.29, 1.82) is 0 Å². The third-order valence-electron chi connectivity index (χ3n) is 8.40. The second-order valence-electron chi connectivity index (χ2n) is 11.5. The van der Waals surface area contributed by atoms with Crippen molar-refractivity contribution in [2.24, 2.45) is 5.92 Å². The van der Waals surface area contributed by atoms with Gasteiger partial charge in [-0.3, -0.25) is 9.30 Å². The minimum absolute atomic E-state index is 0.226. The van der Waals surface area contributed by atoms with E-state index in [9.17, 15) is 0 Å². The van der Waals surface area contributed by atoms with Crippen LogP contribution in [0.3, 0.4) is 0 Å². The van der Waals surface area contributed by atoms with E-state index in [4.69, 9.17) is 21.3 Å². The second-order valence-corrected chi connectivity index (χ2v) is 11.9. The van der Waals surface area contributed by atoms with E-state index in [1.165, 1.54) is 5.56 Å². The number of pyridine rings is 1. The molecule has 38 heavy (non-hydrogen) atoms. The molecule has 0 amide bonds. The van der Waals surface area contributed by atoms with Gasteiger partial charge in [0.15, 0.2) is 5.65 Å². The molecule has 0 N–H and O–H groups in total. The molecule has 0 radical (unpaired) electrons. The predicted octanol–water partition coefficient (Wildman–Crippen LogP) is 5.52. The molecule has 2 aliphatic rings. The Morgan fingerprint density at radius 3 is 2.61 bits per heavy atom. The Bertz CT molecular complexity index is 1420. The summed E-state index contributed by atoms with van der Waals surface area (Å²) in [7, 11) is 0. The molecule has 2 fully saturated rings. The number of fused-ring (bicyclic) bond motifs is 3. The molecule has 6 rings (SSSR count). The third-order valence-corrected chi connectivity index (χ3v) is 8.65. The molecular weight excluding hydrogens is 498 g/mol. The SMILES string of the molecule is Cc1nc2c(N3C[C@@H](C)N([C@@H](c4ccc(Cl)cc4)C(C)C)C[C@@H]3C)cc3nncn3c2n1C[C@@H]1CCCO1. The van der Waals surface area contributed by atoms with Crippen molar-refractivity contribution in [3.8, 4) is 0 Å². The van der Waals surface area contributed by atoms with Crippen LogP contribution in [-0.2, 0) is 11.3 Å². The lowest BCUT2D eigenvalue weighted by atomic mass is 9.91. The van der Waals surface area contributed by atoms with Crippen LogP contribution in [0.4, 0.5) is 5.69 Å². The Morgan fingerprint density at radius 2 is 1.89 bits per heavy atom. The van der Waals surface area contributed by atoms with Gasteiger partial charge in [-0.25, -0.2) is 4.98 Å². The maximum absolute atomic E-state index is 6.22. The molecule has 0 bridgehead atoms. The quantitative estimate of drug-likeness (QED) is 0.324. The van der Waals surface area contributed by atoms with Crippen LogP contribution in [0.1, 0.15) is 58.0 Å². The summed E-state index contributed by atoms with van der Waals surface area (Å²) in [4.78, 5) is 10.3. The number of nitrogens with zero attached hydrogens (tertiary/aromatic N) is 7. The van der Waals surface area contributed by atoms with Crippen LogP contribution in [0.15, 0.2) is 36.7 Å². The van der Waals surface area contributed by atoms with Crippen LogP contribution >= 0.6 is 11.6 Å². The van der Waals surface area contributed by atoms with E-state index in [1.807, 2.05) is 12.1 Å². The maximum Gasteiger partial charge on any atom is 0.164 e. The van der Waals surface area contributed by atoms with Crippen LogP contribution in [0, 0.1) is 12.8 Å². The first-order valence-electron chi connectivity index (χ1n) is 13.9. The highest BCUT2D eigenvalue weighted by Crippen LogP contribution is 2.37. The zero-order valence-corrected chi connectivity index (χ0v) is 23.8. The monoisotopic (exact) mass is 535 g/mol. The Morgan fingerprint density at radius 1 is 1.11 bits per heavy atom. The Hall–Kier alpha value is -2.68. The lowest BCUT2D eigenvalue weighted by molar-refractivity contribution is 0.0825. The fraction of sp³-hybridized carbons (Fsp3) is 0.552. The van der Waals surface area contributed by atoms with E-state index in [0.29, 0.717) is 24.0 Å². The number of benzene rings is 1. The Kier molecular flexibility index (Phi) is 6.82. The first-order chi connectivity index (χ1) is 18.3. The highest BCUT2D eigenvalue weighted by atomic mass is 35.5. The summed E-state index contributed by atoms with van der Waals surface area (Å²) < 4.78 is 10.4. The van der Waals surface area contributed by atoms with Crippen LogP contribution < -0.4 is 4.90 Å². The fourth-order valence-electron chi connectivity index (χ4n) is 6.59. The van der Waals surface area contributed by atoms with Crippen molar-refractivity contribution in [3.05, 3.63) is 53.1 Å². The molecule has 0 aliphatic carbocycles. The summed E-state index contributed by atoms with van der Waals surface area (Å²) in [6.07, 6.45) is 4.24. The van der Waals surface area contributed by atoms with Crippen molar-refractivity contribution in [3.63, 3.8) is 0 Å². The summed E-state index contributed by atoms with van der Waals surface area (Å²) in [6, 6.07) is 11.5. The van der Waals surface area contributed by atoms with E-state index in [0.717, 1.165) is 72.4 Å². The van der Waals surface area contributed by atoms with Crippen LogP contribution in [0.25, 0.3) is 16.8 Å². The van der Waals surface area contributed by atoms with Crippen molar-refractivity contribution >= 4 is 34.1 Å². The predicted molar refractivity (Wildman–Crippen MR) is 152 cm³/mol. The first-order valence-corrected chi connectivity index (χ1v) is 14.3. The molecule has 0 spiro atoms. The van der Waals surface area contributed by atoms with Crippen molar-refractivity contribution < 1.29 is 4.74 Å². The van der Waals surface area contributed by atoms with Gasteiger partial charge in [-0.05, 0) is 57.2 Å². The molecule has 0 saturated carbocycles. The molecule has 9 heteroatoms. The number of aromatic nitrogens is 5. The number of hydrogen-bond donors (Lipinski definition) is 0. The molecule has 1 aromatic carbocycles. The molecule has 2 saturated heterocycles. The van der Waals surface area contributed by atoms with Gasteiger partial charge in [0.25, 0.3) is 0 Å². The number of aryl methyl sites for hydroxylation is 1. The molecular formula is C29H38ClN7O. The Labute approximate surface area is 229 Å². The highest BCUT2D eigenvalue weighted by Gasteiger charge is 2.37. The number of anilines is 1. The van der Waals surface area contributed by atoms with Crippen molar-refractivity contribution in [2.45, 2.75) is 78.2 Å². The third kappa shape index (κ3) is 4.46. The lowest BCUT2D eigenvalue weighted by Gasteiger charge is -2.49. The fourth-order valence-corrected chi connectivity index (χ4v) is 6.72. The molecule has 4 aromatic rings. The van der Waals surface area contributed by atoms with E-state index in [2.05, 4.69) is 81.8 Å². The molecule has 3 aromatic heterocycles. The van der Waals surface area contributed by atoms with Gasteiger partial charge in [0.05, 0.1) is 18.3 Å². The van der Waals surface area contributed by atoms with Gasteiger partial charge >= 0.3 is 0 Å². The normalized spacial score (nSPS) is 23.8. The average Bonchev–Trinajstić information content (AvgIpc) is 3.63. The smallest absolute Gasteiger partial charge is 0.164 e. The summed E-state index contributed by atoms with van der Waals surface area (Å²) in [5.74, 6) is 1.48. The standard InChI is InChI=1S/C29H38ClN7O/c1-18(2)28(22-8-10-23(30)11-9-22)35-15-19(3)34(14-20(35)4)25-13-26-33-31-17-37(26)29-27(25)32-21(5)36(29)16-24-7-6-12-38-24/h8-11,13,17-20,24,28H,6-7,12,14-16H2,1-5H3/t19-,20+,24-,28+/m0/s1. The summed E-state index contributed by atoms with van der Waals surface area (Å²) in [5, 5.41) is 9.49. The number of hydrogen-bond acceptors (Lipinski definition) is 6. The largest absolute Gasteiger partial charge is 0.376 e. The number of piperazine rings is 1. The van der Waals surface area contributed by atoms with Gasteiger partial charge in [-0.1, -0.05) is 37.6 Å². The highest BCUT2D eigenvalue weighted by molar-refractivity contribution is 6.30. The summed E-state index contributed by atoms with van der Waals surface area (Å²) >= 11 is 6.22. The van der Waals surface area contributed by atoms with Crippen LogP contribution in [0.2, 0.25) is 5.02 Å². The molecule has 202 valence electrons. The maximum atomic E-state index is 6.22. The van der Waals surface area contributed by atoms with Gasteiger partial charge in [0, 0.05) is 48.9 Å². The summed E-state index contributed by atoms with van der Waals surface area (Å²) in [5.41, 5.74) is 5.39. The van der Waals surface area contributed by atoms with E-state index < -0.39 is 0 Å². The second kappa shape index (κ2) is 10.1. The van der Waals surface area contributed by atoms with Crippen molar-refractivity contribution in [2.75, 3.05) is 24.6 Å². The molecule has 4 atom stereocenters. The molecule has 0 unspecified atom stereocenters. The van der Waals surface area contributed by atoms with Gasteiger partial charge < -0.3 is 14.2 Å². The first kappa shape index (κ1) is 25.6. The number of rotatable bonds is 6. The lowest BCUT2D eigenvalue weighted by Crippen LogP contribution is -2.58. The summed E-state index contributed by atoms with van der Waals surface area (Å²) in [6.45, 7) is 14.9. The van der Waals surface area contributed by atoms with Crippen LogP contribution in [0.5, 0.6) is 0 Å². The minimum atomic E-state index is 0.226. The van der Waals surface area contributed by atoms with Gasteiger partial charge in [-0.2, -0.15) is 0 Å². The molecule has 5 heterocycles. The molecule has 8 nitrogen and oxygen atoms in total. The number of ether oxygens (including phenoxy) is 1. The van der Waals surface area contributed by atoms with E-state index in [1.54, 1.807) is 6.33 Å². The topological polar surface area (TPSA) is 63.7 Å². The zero-order chi connectivity index (χ0) is 26.6. The Balaban J connectivity index is 1.37. The van der Waals surface area contributed by atoms with Gasteiger partial charge in [0.1, 0.15) is 23.3 Å². The molecule has 2 aliphatic heterocycles. The van der Waals surface area contributed by atoms with Crippen molar-refractivity contribution in [1.82, 2.24) is 29.0 Å². The van der Waals surface area contributed by atoms with E-state index >= 15 is 0 Å². The van der Waals surface area contributed by atoms with Gasteiger partial charge in [0.2, 0.25) is 0 Å². The minimum Gasteiger partial charge on any atom is -0.376 e. The van der Waals surface area contributed by atoms with E-state index in [-0.39, 0.29) is 6.10 Å². The zero-order valence-electron chi connectivity index (χ0n) is 23.0. The number of imidazole rings is 1.